The number of nitrogens with one attached hydrogen (secondary N) is 1. The van der Waals surface area contributed by atoms with Crippen LogP contribution in [0.1, 0.15) is 61.0 Å². The van der Waals surface area contributed by atoms with Crippen molar-refractivity contribution >= 4 is 33.2 Å². The highest BCUT2D eigenvalue weighted by atomic mass is 32.2. The van der Waals surface area contributed by atoms with Gasteiger partial charge in [-0.2, -0.15) is 0 Å². The number of hydrogen-bond acceptors (Lipinski definition) is 9. The van der Waals surface area contributed by atoms with Crippen molar-refractivity contribution in [1.82, 2.24) is 19.5 Å². The summed E-state index contributed by atoms with van der Waals surface area (Å²) in [5, 5.41) is 2.65. The zero-order chi connectivity index (χ0) is 33.3. The van der Waals surface area contributed by atoms with Gasteiger partial charge in [-0.3, -0.25) is 9.59 Å². The third kappa shape index (κ3) is 9.35. The second kappa shape index (κ2) is 15.8. The summed E-state index contributed by atoms with van der Waals surface area (Å²) in [7, 11) is 2.63. The van der Waals surface area contributed by atoms with Crippen LogP contribution in [0.3, 0.4) is 0 Å². The second-order valence-corrected chi connectivity index (χ2v) is 14.9. The van der Waals surface area contributed by atoms with E-state index in [-0.39, 0.29) is 29.7 Å². The first-order chi connectivity index (χ1) is 21.2. The summed E-state index contributed by atoms with van der Waals surface area (Å²) in [5.74, 6) is -0.619. The van der Waals surface area contributed by atoms with Gasteiger partial charge in [0.15, 0.2) is 0 Å². The van der Waals surface area contributed by atoms with Gasteiger partial charge in [0, 0.05) is 50.4 Å². The normalized spacial score (nSPS) is 13.3. The molecule has 1 heterocycles. The number of methoxy groups -OCH3 is 2. The van der Waals surface area contributed by atoms with Crippen LogP contribution in [0.25, 0.3) is 0 Å². The zero-order valence-corrected chi connectivity index (χ0v) is 29.0. The fourth-order valence-electron chi connectivity index (χ4n) is 5.23. The van der Waals surface area contributed by atoms with E-state index in [1.165, 1.54) is 28.4 Å². The number of benzene rings is 2. The van der Waals surface area contributed by atoms with Crippen molar-refractivity contribution in [1.29, 1.82) is 0 Å². The maximum Gasteiger partial charge on any atom is 0.264 e. The lowest BCUT2D eigenvalue weighted by atomic mass is 9.84. The van der Waals surface area contributed by atoms with Crippen molar-refractivity contribution in [3.05, 3.63) is 76.2 Å². The Hall–Kier alpha value is -3.32. The van der Waals surface area contributed by atoms with E-state index in [4.69, 9.17) is 9.47 Å². The number of thiazole rings is 1. The lowest BCUT2D eigenvalue weighted by Crippen LogP contribution is -2.63. The number of sulfonamides is 1. The fourth-order valence-corrected chi connectivity index (χ4v) is 6.91. The molecule has 2 amide bonds. The van der Waals surface area contributed by atoms with Gasteiger partial charge in [0.05, 0.1) is 17.0 Å². The lowest BCUT2D eigenvalue weighted by Gasteiger charge is -2.43. The number of ether oxygens (including phenoxy) is 2. The van der Waals surface area contributed by atoms with Gasteiger partial charge in [0.2, 0.25) is 0 Å². The Morgan fingerprint density at radius 3 is 2.29 bits per heavy atom. The molecule has 246 valence electrons. The highest BCUT2D eigenvalue weighted by molar-refractivity contribution is 7.90. The average molecular weight is 659 g/mol. The number of rotatable bonds is 16. The predicted octanol–water partition coefficient (Wildman–Crippen LogP) is 4.76. The van der Waals surface area contributed by atoms with Crippen molar-refractivity contribution in [3.8, 4) is 5.75 Å². The number of carbonyl (C=O) groups is 2. The van der Waals surface area contributed by atoms with Crippen molar-refractivity contribution in [2.45, 2.75) is 62.3 Å². The van der Waals surface area contributed by atoms with Gasteiger partial charge in [-0.25, -0.2) is 18.1 Å². The highest BCUT2D eigenvalue weighted by Gasteiger charge is 2.47. The van der Waals surface area contributed by atoms with Crippen molar-refractivity contribution in [3.63, 3.8) is 0 Å². The molecule has 0 aliphatic heterocycles. The van der Waals surface area contributed by atoms with Crippen LogP contribution in [-0.4, -0.2) is 88.6 Å². The maximum atomic E-state index is 14.7. The van der Waals surface area contributed by atoms with Crippen LogP contribution in [-0.2, 0) is 31.4 Å². The Kier molecular flexibility index (Phi) is 12.7. The molecule has 0 fully saturated rings. The molecular formula is C33H46N4O6S2. The average Bonchev–Trinajstić information content (AvgIpc) is 3.52. The number of aromatic nitrogens is 1. The Labute approximate surface area is 271 Å². The molecule has 0 spiro atoms. The molecule has 10 nitrogen and oxygen atoms in total. The first kappa shape index (κ1) is 36.2. The van der Waals surface area contributed by atoms with E-state index in [1.807, 2.05) is 30.4 Å². The smallest absolute Gasteiger partial charge is 0.264 e. The Balaban J connectivity index is 2.21. The van der Waals surface area contributed by atoms with Gasteiger partial charge in [-0.1, -0.05) is 45.0 Å². The monoisotopic (exact) mass is 658 g/mol. The van der Waals surface area contributed by atoms with Gasteiger partial charge in [0.1, 0.15) is 11.3 Å². The number of nitrogens with zero attached hydrogens (tertiary/aromatic N) is 3. The standard InChI is InChI=1S/C33H46N4O6S2/c1-32(2,3)27-15-14-25(24-28(27)43-7)30(38)37(20-16-29-34-19-23-44-29)33(17-11-22-42-6,18-21-36(4)5)31(39)35-45(40,41)26-12-9-8-10-13-26/h8-10,12-15,19,23-24H,11,16-18,20-22H2,1-7H3,(H,35,39). The summed E-state index contributed by atoms with van der Waals surface area (Å²) in [5.41, 5.74) is -0.520. The van der Waals surface area contributed by atoms with Crippen LogP contribution >= 0.6 is 11.3 Å². The van der Waals surface area contributed by atoms with Crippen LogP contribution in [0.2, 0.25) is 0 Å². The van der Waals surface area contributed by atoms with Crippen LogP contribution < -0.4 is 9.46 Å². The Morgan fingerprint density at radius 2 is 1.71 bits per heavy atom. The molecule has 45 heavy (non-hydrogen) atoms. The molecule has 3 rings (SSSR count). The molecule has 0 aliphatic rings. The first-order valence-electron chi connectivity index (χ1n) is 14.9. The molecule has 1 unspecified atom stereocenters. The van der Waals surface area contributed by atoms with Crippen molar-refractivity contribution in [2.75, 3.05) is 48.0 Å². The minimum Gasteiger partial charge on any atom is -0.496 e. The molecule has 3 aromatic rings. The molecule has 0 aliphatic carbocycles. The summed E-state index contributed by atoms with van der Waals surface area (Å²) in [6, 6.07) is 13.1. The molecule has 0 saturated carbocycles. The topological polar surface area (TPSA) is 118 Å². The molecular weight excluding hydrogens is 613 g/mol. The minimum absolute atomic E-state index is 0.0417. The van der Waals surface area contributed by atoms with Crippen LogP contribution in [0.4, 0.5) is 0 Å². The highest BCUT2D eigenvalue weighted by Crippen LogP contribution is 2.35. The Morgan fingerprint density at radius 1 is 1.00 bits per heavy atom. The largest absolute Gasteiger partial charge is 0.496 e. The van der Waals surface area contributed by atoms with E-state index in [2.05, 4.69) is 30.5 Å². The van der Waals surface area contributed by atoms with Crippen molar-refractivity contribution in [2.24, 2.45) is 0 Å². The predicted molar refractivity (Wildman–Crippen MR) is 177 cm³/mol. The molecule has 1 N–H and O–H groups in total. The molecule has 1 aromatic heterocycles. The number of amides is 2. The van der Waals surface area contributed by atoms with Crippen LogP contribution in [0.5, 0.6) is 5.75 Å². The minimum atomic E-state index is -4.24. The SMILES string of the molecule is COCCCC(CCN(C)C)(C(=O)NS(=O)(=O)c1ccccc1)N(CCc1nccs1)C(=O)c1ccc(C(C)(C)C)c(OC)c1. The summed E-state index contributed by atoms with van der Waals surface area (Å²) < 4.78 is 40.4. The molecule has 0 bridgehead atoms. The van der Waals surface area contributed by atoms with E-state index in [1.54, 1.807) is 50.7 Å². The summed E-state index contributed by atoms with van der Waals surface area (Å²) in [6.07, 6.45) is 2.84. The van der Waals surface area contributed by atoms with E-state index >= 15 is 0 Å². The molecule has 1 atom stereocenters. The van der Waals surface area contributed by atoms with Gasteiger partial charge < -0.3 is 19.3 Å². The number of hydrogen-bond donors (Lipinski definition) is 1. The van der Waals surface area contributed by atoms with Crippen molar-refractivity contribution < 1.29 is 27.5 Å². The number of carbonyl (C=O) groups excluding carboxylic acids is 2. The second-order valence-electron chi connectivity index (χ2n) is 12.2. The van der Waals surface area contributed by atoms with Gasteiger partial charge in [-0.15, -0.1) is 11.3 Å². The van der Waals surface area contributed by atoms with Gasteiger partial charge in [-0.05, 0) is 68.6 Å². The van der Waals surface area contributed by atoms with Gasteiger partial charge >= 0.3 is 0 Å². The van der Waals surface area contributed by atoms with Crippen LogP contribution in [0, 0.1) is 0 Å². The lowest BCUT2D eigenvalue weighted by molar-refractivity contribution is -0.131. The molecule has 2 aromatic carbocycles. The van der Waals surface area contributed by atoms with E-state index < -0.39 is 27.4 Å². The third-order valence-electron chi connectivity index (χ3n) is 7.67. The van der Waals surface area contributed by atoms with Gasteiger partial charge in [0.25, 0.3) is 21.8 Å². The van der Waals surface area contributed by atoms with E-state index in [0.29, 0.717) is 37.3 Å². The Bertz CT molecular complexity index is 1510. The fraction of sp³-hybridized carbons (Fsp3) is 0.485. The summed E-state index contributed by atoms with van der Waals surface area (Å²) in [6.45, 7) is 7.06. The maximum absolute atomic E-state index is 14.7. The molecule has 0 saturated heterocycles. The van der Waals surface area contributed by atoms with Crippen LogP contribution in [0.15, 0.2) is 65.0 Å². The third-order valence-corrected chi connectivity index (χ3v) is 9.85. The zero-order valence-electron chi connectivity index (χ0n) is 27.3. The molecule has 0 radical (unpaired) electrons. The first-order valence-corrected chi connectivity index (χ1v) is 17.3. The van der Waals surface area contributed by atoms with E-state index in [0.717, 1.165) is 10.6 Å². The van der Waals surface area contributed by atoms with E-state index in [9.17, 15) is 18.0 Å². The quantitative estimate of drug-likeness (QED) is 0.219. The summed E-state index contributed by atoms with van der Waals surface area (Å²) in [4.78, 5) is 37.0. The summed E-state index contributed by atoms with van der Waals surface area (Å²) >= 11 is 1.46. The molecule has 12 heteroatoms.